The molecule has 3 heteroatoms. The third-order valence-electron chi connectivity index (χ3n) is 3.44. The Balaban J connectivity index is 2.02. The molecule has 0 saturated heterocycles. The van der Waals surface area contributed by atoms with Crippen molar-refractivity contribution in [3.05, 3.63) is 17.0 Å². The molecule has 0 radical (unpaired) electrons. The highest BCUT2D eigenvalue weighted by atomic mass is 16.5. The molecule has 0 aromatic carbocycles. The van der Waals surface area contributed by atoms with Crippen LogP contribution >= 0.6 is 0 Å². The molecular weight excluding hydrogens is 176 g/mol. The van der Waals surface area contributed by atoms with Crippen molar-refractivity contribution in [2.75, 3.05) is 6.54 Å². The van der Waals surface area contributed by atoms with Crippen molar-refractivity contribution in [3.8, 4) is 0 Å². The summed E-state index contributed by atoms with van der Waals surface area (Å²) in [4.78, 5) is 0. The number of hydrogen-bond donors (Lipinski definition) is 1. The standard InChI is InChI=1S/C11H16N2O/c12-6-8-2-1-3-9-10(8)11(13-14-9)7-4-5-7/h7-8H,1-6,12H2. The highest BCUT2D eigenvalue weighted by Gasteiger charge is 2.35. The van der Waals surface area contributed by atoms with Crippen LogP contribution in [0.4, 0.5) is 0 Å². The van der Waals surface area contributed by atoms with Gasteiger partial charge < -0.3 is 10.3 Å². The maximum absolute atomic E-state index is 5.80. The number of nitrogens with two attached hydrogens (primary N) is 1. The van der Waals surface area contributed by atoms with Gasteiger partial charge in [0.1, 0.15) is 5.76 Å². The molecule has 1 unspecified atom stereocenters. The van der Waals surface area contributed by atoms with Crippen molar-refractivity contribution in [1.29, 1.82) is 0 Å². The Kier molecular flexibility index (Phi) is 1.87. The molecule has 1 heterocycles. The summed E-state index contributed by atoms with van der Waals surface area (Å²) in [5.41, 5.74) is 8.41. The third kappa shape index (κ3) is 1.19. The van der Waals surface area contributed by atoms with Crippen LogP contribution in [0.25, 0.3) is 0 Å². The van der Waals surface area contributed by atoms with Crippen LogP contribution in [0, 0.1) is 0 Å². The van der Waals surface area contributed by atoms with E-state index >= 15 is 0 Å². The molecule has 2 N–H and O–H groups in total. The second kappa shape index (κ2) is 3.09. The van der Waals surface area contributed by atoms with E-state index in [2.05, 4.69) is 5.16 Å². The first-order valence-electron chi connectivity index (χ1n) is 5.58. The molecule has 76 valence electrons. The predicted molar refractivity (Wildman–Crippen MR) is 53.2 cm³/mol. The zero-order valence-electron chi connectivity index (χ0n) is 8.33. The molecule has 14 heavy (non-hydrogen) atoms. The summed E-state index contributed by atoms with van der Waals surface area (Å²) in [5.74, 6) is 2.32. The van der Waals surface area contributed by atoms with E-state index in [1.807, 2.05) is 0 Å². The molecular formula is C11H16N2O. The summed E-state index contributed by atoms with van der Waals surface area (Å²) in [5, 5.41) is 4.23. The van der Waals surface area contributed by atoms with Gasteiger partial charge >= 0.3 is 0 Å². The second-order valence-electron chi connectivity index (χ2n) is 4.50. The Hall–Kier alpha value is -0.830. The molecule has 1 atom stereocenters. The number of rotatable bonds is 2. The van der Waals surface area contributed by atoms with E-state index in [0.29, 0.717) is 11.8 Å². The van der Waals surface area contributed by atoms with Crippen molar-refractivity contribution >= 4 is 0 Å². The summed E-state index contributed by atoms with van der Waals surface area (Å²) in [7, 11) is 0. The molecule has 1 aromatic rings. The van der Waals surface area contributed by atoms with Crippen LogP contribution in [-0.4, -0.2) is 11.7 Å². The van der Waals surface area contributed by atoms with Crippen LogP contribution in [-0.2, 0) is 6.42 Å². The third-order valence-corrected chi connectivity index (χ3v) is 3.44. The minimum absolute atomic E-state index is 0.514. The van der Waals surface area contributed by atoms with E-state index in [9.17, 15) is 0 Å². The molecule has 0 spiro atoms. The second-order valence-corrected chi connectivity index (χ2v) is 4.50. The van der Waals surface area contributed by atoms with Gasteiger partial charge in [-0.3, -0.25) is 0 Å². The van der Waals surface area contributed by atoms with Gasteiger partial charge in [0.25, 0.3) is 0 Å². The molecule has 3 nitrogen and oxygen atoms in total. The maximum atomic E-state index is 5.80. The van der Waals surface area contributed by atoms with Gasteiger partial charge in [-0.1, -0.05) is 5.16 Å². The molecule has 2 aliphatic rings. The van der Waals surface area contributed by atoms with Gasteiger partial charge in [-0.25, -0.2) is 0 Å². The Bertz CT molecular complexity index is 341. The monoisotopic (exact) mass is 192 g/mol. The first-order valence-corrected chi connectivity index (χ1v) is 5.58. The van der Waals surface area contributed by atoms with Crippen LogP contribution < -0.4 is 5.73 Å². The Morgan fingerprint density at radius 2 is 2.21 bits per heavy atom. The predicted octanol–water partition coefficient (Wildman–Crippen LogP) is 1.93. The quantitative estimate of drug-likeness (QED) is 0.779. The zero-order chi connectivity index (χ0) is 9.54. The zero-order valence-corrected chi connectivity index (χ0v) is 8.33. The summed E-state index contributed by atoms with van der Waals surface area (Å²) >= 11 is 0. The highest BCUT2D eigenvalue weighted by Crippen LogP contribution is 2.45. The first kappa shape index (κ1) is 8.48. The van der Waals surface area contributed by atoms with E-state index in [4.69, 9.17) is 10.3 Å². The normalized spacial score (nSPS) is 26.2. The molecule has 0 bridgehead atoms. The largest absolute Gasteiger partial charge is 0.361 e. The van der Waals surface area contributed by atoms with Crippen LogP contribution in [0.1, 0.15) is 54.5 Å². The van der Waals surface area contributed by atoms with Crippen LogP contribution in [0.2, 0.25) is 0 Å². The SMILES string of the molecule is NCC1CCCc2onc(C3CC3)c21. The molecule has 1 aromatic heterocycles. The number of nitrogens with zero attached hydrogens (tertiary/aromatic N) is 1. The minimum Gasteiger partial charge on any atom is -0.361 e. The lowest BCUT2D eigenvalue weighted by molar-refractivity contribution is 0.362. The maximum Gasteiger partial charge on any atom is 0.140 e. The fourth-order valence-corrected chi connectivity index (χ4v) is 2.50. The van der Waals surface area contributed by atoms with Gasteiger partial charge in [-0.2, -0.15) is 0 Å². The van der Waals surface area contributed by atoms with Gasteiger partial charge in [0.15, 0.2) is 0 Å². The van der Waals surface area contributed by atoms with E-state index in [1.54, 1.807) is 0 Å². The van der Waals surface area contributed by atoms with Crippen molar-refractivity contribution in [1.82, 2.24) is 5.16 Å². The highest BCUT2D eigenvalue weighted by molar-refractivity contribution is 5.34. The first-order chi connectivity index (χ1) is 6.90. The smallest absolute Gasteiger partial charge is 0.140 e. The molecule has 1 fully saturated rings. The fourth-order valence-electron chi connectivity index (χ4n) is 2.50. The fraction of sp³-hybridized carbons (Fsp3) is 0.727. The van der Waals surface area contributed by atoms with Crippen molar-refractivity contribution in [2.24, 2.45) is 5.73 Å². The Morgan fingerprint density at radius 1 is 1.36 bits per heavy atom. The lowest BCUT2D eigenvalue weighted by Gasteiger charge is -2.19. The van der Waals surface area contributed by atoms with Gasteiger partial charge in [0.05, 0.1) is 5.69 Å². The summed E-state index contributed by atoms with van der Waals surface area (Å²) in [6.07, 6.45) is 6.05. The average molecular weight is 192 g/mol. The number of aryl methyl sites for hydroxylation is 1. The lowest BCUT2D eigenvalue weighted by atomic mass is 9.85. The molecule has 0 aliphatic heterocycles. The van der Waals surface area contributed by atoms with Gasteiger partial charge in [0.2, 0.25) is 0 Å². The van der Waals surface area contributed by atoms with E-state index < -0.39 is 0 Å². The summed E-state index contributed by atoms with van der Waals surface area (Å²) in [6.45, 7) is 0.744. The van der Waals surface area contributed by atoms with Gasteiger partial charge in [0, 0.05) is 23.8 Å². The minimum atomic E-state index is 0.514. The summed E-state index contributed by atoms with van der Waals surface area (Å²) in [6, 6.07) is 0. The Morgan fingerprint density at radius 3 is 2.93 bits per heavy atom. The average Bonchev–Trinajstić information content (AvgIpc) is 2.97. The molecule has 3 rings (SSSR count). The van der Waals surface area contributed by atoms with Crippen LogP contribution in [0.5, 0.6) is 0 Å². The number of hydrogen-bond acceptors (Lipinski definition) is 3. The van der Waals surface area contributed by atoms with Crippen molar-refractivity contribution in [2.45, 2.75) is 43.9 Å². The van der Waals surface area contributed by atoms with E-state index in [1.165, 1.54) is 36.9 Å². The molecule has 2 aliphatic carbocycles. The van der Waals surface area contributed by atoms with Crippen LogP contribution in [0.15, 0.2) is 4.52 Å². The van der Waals surface area contributed by atoms with E-state index in [0.717, 1.165) is 18.7 Å². The summed E-state index contributed by atoms with van der Waals surface area (Å²) < 4.78 is 5.41. The Labute approximate surface area is 83.6 Å². The van der Waals surface area contributed by atoms with Crippen molar-refractivity contribution < 1.29 is 4.52 Å². The topological polar surface area (TPSA) is 52.0 Å². The van der Waals surface area contributed by atoms with E-state index in [-0.39, 0.29) is 0 Å². The van der Waals surface area contributed by atoms with Crippen molar-refractivity contribution in [3.63, 3.8) is 0 Å². The van der Waals surface area contributed by atoms with Crippen LogP contribution in [0.3, 0.4) is 0 Å². The van der Waals surface area contributed by atoms with Gasteiger partial charge in [-0.05, 0) is 32.2 Å². The number of fused-ring (bicyclic) bond motifs is 1. The molecule has 1 saturated carbocycles. The number of aromatic nitrogens is 1. The van der Waals surface area contributed by atoms with Gasteiger partial charge in [-0.15, -0.1) is 0 Å². The lowest BCUT2D eigenvalue weighted by Crippen LogP contribution is -2.18. The molecule has 0 amide bonds.